The molecule has 9 heteroatoms. The molecule has 0 aliphatic heterocycles. The zero-order chi connectivity index (χ0) is 19.6. The minimum Gasteiger partial charge on any atom is -0.495 e. The van der Waals surface area contributed by atoms with E-state index in [0.717, 1.165) is 0 Å². The zero-order valence-electron chi connectivity index (χ0n) is 15.1. The number of methoxy groups -OCH3 is 2. The van der Waals surface area contributed by atoms with Crippen molar-refractivity contribution in [1.82, 2.24) is 9.38 Å². The summed E-state index contributed by atoms with van der Waals surface area (Å²) < 4.78 is 12.1. The molecule has 0 spiro atoms. The Kier molecular flexibility index (Phi) is 4.93. The average Bonchev–Trinajstić information content (AvgIpc) is 3.06. The summed E-state index contributed by atoms with van der Waals surface area (Å²) in [7, 11) is 2.96. The summed E-state index contributed by atoms with van der Waals surface area (Å²) in [4.78, 5) is 28.0. The third-order valence-corrected chi connectivity index (χ3v) is 4.10. The van der Waals surface area contributed by atoms with Gasteiger partial charge in [-0.05, 0) is 24.6 Å². The second-order valence-electron chi connectivity index (χ2n) is 5.63. The Bertz CT molecular complexity index is 1030. The van der Waals surface area contributed by atoms with E-state index < -0.39 is 10.8 Å². The summed E-state index contributed by atoms with van der Waals surface area (Å²) in [6.07, 6.45) is 2.24. The van der Waals surface area contributed by atoms with Crippen LogP contribution in [0.15, 0.2) is 36.5 Å². The van der Waals surface area contributed by atoms with Crippen molar-refractivity contribution in [3.63, 3.8) is 0 Å². The summed E-state index contributed by atoms with van der Waals surface area (Å²) in [5.74, 6) is 0.406. The van der Waals surface area contributed by atoms with Crippen molar-refractivity contribution in [3.05, 3.63) is 58.0 Å². The first-order chi connectivity index (χ1) is 13.0. The number of nitrogens with one attached hydrogen (secondary N) is 1. The minimum absolute atomic E-state index is 0.151. The average molecular weight is 370 g/mol. The molecule has 0 radical (unpaired) electrons. The van der Waals surface area contributed by atoms with Crippen LogP contribution in [0.4, 0.5) is 11.4 Å². The van der Waals surface area contributed by atoms with Crippen molar-refractivity contribution in [2.24, 2.45) is 0 Å². The molecule has 0 unspecified atom stereocenters. The molecular weight excluding hydrogens is 352 g/mol. The molecule has 3 aromatic rings. The number of ether oxygens (including phenoxy) is 2. The van der Waals surface area contributed by atoms with E-state index in [-0.39, 0.29) is 11.4 Å². The summed E-state index contributed by atoms with van der Waals surface area (Å²) in [6, 6.07) is 7.51. The number of non-ortho nitro benzene ring substituents is 1. The molecule has 27 heavy (non-hydrogen) atoms. The highest BCUT2D eigenvalue weighted by Gasteiger charge is 2.22. The number of nitro groups is 1. The van der Waals surface area contributed by atoms with Crippen molar-refractivity contribution < 1.29 is 19.2 Å². The van der Waals surface area contributed by atoms with Gasteiger partial charge in [0, 0.05) is 18.3 Å². The highest BCUT2D eigenvalue weighted by molar-refractivity contribution is 6.05. The topological polar surface area (TPSA) is 108 Å². The van der Waals surface area contributed by atoms with E-state index >= 15 is 0 Å². The third kappa shape index (κ3) is 3.26. The van der Waals surface area contributed by atoms with E-state index in [2.05, 4.69) is 10.3 Å². The molecule has 0 atom stereocenters. The number of carbonyl (C=O) groups excluding carboxylic acids is 1. The number of imidazole rings is 1. The van der Waals surface area contributed by atoms with Crippen LogP contribution in [0.2, 0.25) is 0 Å². The summed E-state index contributed by atoms with van der Waals surface area (Å²) in [6.45, 7) is 1.89. The number of anilines is 1. The maximum atomic E-state index is 13.0. The fourth-order valence-corrected chi connectivity index (χ4v) is 2.82. The third-order valence-electron chi connectivity index (χ3n) is 4.10. The number of hydrogen-bond acceptors (Lipinski definition) is 6. The molecule has 0 fully saturated rings. The smallest absolute Gasteiger partial charge is 0.274 e. The Balaban J connectivity index is 2.07. The summed E-state index contributed by atoms with van der Waals surface area (Å²) in [5.41, 5.74) is 1.49. The highest BCUT2D eigenvalue weighted by Crippen LogP contribution is 2.30. The van der Waals surface area contributed by atoms with Gasteiger partial charge in [0.1, 0.15) is 11.4 Å². The van der Waals surface area contributed by atoms with Gasteiger partial charge in [-0.25, -0.2) is 4.98 Å². The predicted molar refractivity (Wildman–Crippen MR) is 98.7 cm³/mol. The number of carbonyl (C=O) groups is 1. The van der Waals surface area contributed by atoms with Crippen molar-refractivity contribution in [2.75, 3.05) is 19.5 Å². The van der Waals surface area contributed by atoms with Gasteiger partial charge in [-0.15, -0.1) is 0 Å². The van der Waals surface area contributed by atoms with Crippen molar-refractivity contribution >= 4 is 22.9 Å². The number of pyridine rings is 1. The quantitative estimate of drug-likeness (QED) is 0.528. The second kappa shape index (κ2) is 7.32. The van der Waals surface area contributed by atoms with E-state index in [1.54, 1.807) is 22.7 Å². The number of hydrogen-bond donors (Lipinski definition) is 1. The number of amides is 1. The van der Waals surface area contributed by atoms with Crippen molar-refractivity contribution in [1.29, 1.82) is 0 Å². The molecule has 2 heterocycles. The number of benzene rings is 1. The molecule has 9 nitrogen and oxygen atoms in total. The minimum atomic E-state index is -0.536. The Labute approximate surface area is 154 Å². The van der Waals surface area contributed by atoms with Gasteiger partial charge in [0.15, 0.2) is 11.4 Å². The van der Waals surface area contributed by atoms with Crippen LogP contribution in [0.25, 0.3) is 5.65 Å². The van der Waals surface area contributed by atoms with Crippen LogP contribution >= 0.6 is 0 Å². The lowest BCUT2D eigenvalue weighted by Gasteiger charge is -2.11. The lowest BCUT2D eigenvalue weighted by Crippen LogP contribution is -2.17. The van der Waals surface area contributed by atoms with Gasteiger partial charge in [0.05, 0.1) is 30.5 Å². The highest BCUT2D eigenvalue weighted by atomic mass is 16.6. The fourth-order valence-electron chi connectivity index (χ4n) is 2.82. The Hall–Kier alpha value is -3.62. The Morgan fingerprint density at radius 3 is 2.63 bits per heavy atom. The molecule has 1 aromatic carbocycles. The first-order valence-electron chi connectivity index (χ1n) is 8.17. The molecule has 0 saturated carbocycles. The lowest BCUT2D eigenvalue weighted by molar-refractivity contribution is -0.384. The Morgan fingerprint density at radius 1 is 1.26 bits per heavy atom. The summed E-state index contributed by atoms with van der Waals surface area (Å²) >= 11 is 0. The Morgan fingerprint density at radius 2 is 2.00 bits per heavy atom. The van der Waals surface area contributed by atoms with Gasteiger partial charge < -0.3 is 14.8 Å². The van der Waals surface area contributed by atoms with E-state index in [4.69, 9.17) is 9.47 Å². The van der Waals surface area contributed by atoms with Crippen LogP contribution in [0, 0.1) is 10.1 Å². The number of rotatable bonds is 6. The molecule has 3 rings (SSSR count). The first kappa shape index (κ1) is 18.2. The largest absolute Gasteiger partial charge is 0.495 e. The van der Waals surface area contributed by atoms with E-state index in [0.29, 0.717) is 35.0 Å². The second-order valence-corrected chi connectivity index (χ2v) is 5.63. The molecule has 1 amide bonds. The molecule has 2 aromatic heterocycles. The molecule has 1 N–H and O–H groups in total. The van der Waals surface area contributed by atoms with Crippen molar-refractivity contribution in [2.45, 2.75) is 13.3 Å². The molecule has 0 aliphatic rings. The van der Waals surface area contributed by atoms with Gasteiger partial charge in [-0.3, -0.25) is 19.3 Å². The van der Waals surface area contributed by atoms with Crippen LogP contribution < -0.4 is 14.8 Å². The molecule has 0 saturated heterocycles. The van der Waals surface area contributed by atoms with Crippen LogP contribution in [-0.4, -0.2) is 34.4 Å². The lowest BCUT2D eigenvalue weighted by atomic mass is 10.2. The number of nitrogens with zero attached hydrogens (tertiary/aromatic N) is 3. The van der Waals surface area contributed by atoms with Crippen LogP contribution in [0.3, 0.4) is 0 Å². The first-order valence-corrected chi connectivity index (χ1v) is 8.17. The number of aromatic nitrogens is 2. The standard InChI is InChI=1S/C18H18N4O5/c1-4-12-16(21-9-5-6-15(27-3)17(21)19-12)18(23)20-13-10-11(22(24)25)7-8-14(13)26-2/h5-10H,4H2,1-3H3,(H,20,23). The molecule has 140 valence electrons. The monoisotopic (exact) mass is 370 g/mol. The van der Waals surface area contributed by atoms with Gasteiger partial charge in [0.25, 0.3) is 11.6 Å². The maximum absolute atomic E-state index is 13.0. The molecular formula is C18H18N4O5. The number of fused-ring (bicyclic) bond motifs is 1. The SMILES string of the molecule is CCc1nc2c(OC)cccn2c1C(=O)Nc1cc([N+](=O)[O-])ccc1OC. The maximum Gasteiger partial charge on any atom is 0.274 e. The fraction of sp³-hybridized carbons (Fsp3) is 0.222. The van der Waals surface area contributed by atoms with Crippen LogP contribution in [-0.2, 0) is 6.42 Å². The van der Waals surface area contributed by atoms with E-state index in [9.17, 15) is 14.9 Å². The van der Waals surface area contributed by atoms with Gasteiger partial charge in [-0.1, -0.05) is 6.92 Å². The van der Waals surface area contributed by atoms with E-state index in [1.807, 2.05) is 6.92 Å². The van der Waals surface area contributed by atoms with Gasteiger partial charge in [0.2, 0.25) is 0 Å². The van der Waals surface area contributed by atoms with E-state index in [1.165, 1.54) is 32.4 Å². The zero-order valence-corrected chi connectivity index (χ0v) is 15.1. The molecule has 0 bridgehead atoms. The van der Waals surface area contributed by atoms with Crippen molar-refractivity contribution in [3.8, 4) is 11.5 Å². The van der Waals surface area contributed by atoms with Gasteiger partial charge >= 0.3 is 0 Å². The summed E-state index contributed by atoms with van der Waals surface area (Å²) in [5, 5.41) is 13.7. The molecule has 0 aliphatic carbocycles. The number of nitro benzene ring substituents is 1. The normalized spacial score (nSPS) is 10.6. The van der Waals surface area contributed by atoms with Gasteiger partial charge in [-0.2, -0.15) is 0 Å². The number of aryl methyl sites for hydroxylation is 1. The van der Waals surface area contributed by atoms with Crippen LogP contribution in [0.5, 0.6) is 11.5 Å². The van der Waals surface area contributed by atoms with Crippen LogP contribution in [0.1, 0.15) is 23.1 Å². The predicted octanol–water partition coefficient (Wildman–Crippen LogP) is 3.07.